The summed E-state index contributed by atoms with van der Waals surface area (Å²) >= 11 is 3.58. The van der Waals surface area contributed by atoms with E-state index in [2.05, 4.69) is 53.9 Å². The number of hydrogen-bond acceptors (Lipinski definition) is 3. The fraction of sp³-hybridized carbons (Fsp3) is 0.500. The van der Waals surface area contributed by atoms with Gasteiger partial charge in [-0.05, 0) is 40.9 Å². The minimum absolute atomic E-state index is 0.664. The second-order valence-electron chi connectivity index (χ2n) is 5.41. The van der Waals surface area contributed by atoms with Crippen LogP contribution in [0, 0.1) is 0 Å². The lowest BCUT2D eigenvalue weighted by Crippen LogP contribution is -2.43. The Bertz CT molecular complexity index is 611. The van der Waals surface area contributed by atoms with Gasteiger partial charge >= 0.3 is 0 Å². The first-order chi connectivity index (χ1) is 9.33. The number of nitrogens with zero attached hydrogens (tertiary/aromatic N) is 3. The molecule has 2 fully saturated rings. The van der Waals surface area contributed by atoms with Gasteiger partial charge in [-0.2, -0.15) is 0 Å². The van der Waals surface area contributed by atoms with E-state index >= 15 is 0 Å². The van der Waals surface area contributed by atoms with Crippen molar-refractivity contribution in [3.8, 4) is 0 Å². The van der Waals surface area contributed by atoms with E-state index in [1.807, 2.05) is 0 Å². The fourth-order valence-electron chi connectivity index (χ4n) is 2.80. The van der Waals surface area contributed by atoms with Crippen LogP contribution in [0.25, 0.3) is 5.52 Å². The van der Waals surface area contributed by atoms with Crippen LogP contribution in [0.2, 0.25) is 0 Å². The summed E-state index contributed by atoms with van der Waals surface area (Å²) in [6.45, 7) is 4.31. The maximum absolute atomic E-state index is 4.69. The van der Waals surface area contributed by atoms with Crippen molar-refractivity contribution in [3.63, 3.8) is 0 Å². The highest BCUT2D eigenvalue weighted by atomic mass is 79.9. The van der Waals surface area contributed by atoms with E-state index in [-0.39, 0.29) is 0 Å². The molecule has 1 saturated carbocycles. The summed E-state index contributed by atoms with van der Waals surface area (Å²) in [4.78, 5) is 7.13. The van der Waals surface area contributed by atoms with Gasteiger partial charge in [-0.3, -0.25) is 0 Å². The lowest BCUT2D eigenvalue weighted by Gasteiger charge is -2.29. The lowest BCUT2D eigenvalue weighted by molar-refractivity contribution is 0.588. The first-order valence-corrected chi connectivity index (χ1v) is 7.75. The predicted molar refractivity (Wildman–Crippen MR) is 79.9 cm³/mol. The second-order valence-corrected chi connectivity index (χ2v) is 6.17. The maximum Gasteiger partial charge on any atom is 0.132 e. The largest absolute Gasteiger partial charge is 0.368 e. The van der Waals surface area contributed by atoms with Crippen molar-refractivity contribution in [2.45, 2.75) is 18.8 Å². The third kappa shape index (κ3) is 2.05. The lowest BCUT2D eigenvalue weighted by atomic mass is 10.3. The second kappa shape index (κ2) is 4.49. The molecule has 0 spiro atoms. The van der Waals surface area contributed by atoms with Crippen molar-refractivity contribution < 1.29 is 0 Å². The summed E-state index contributed by atoms with van der Waals surface area (Å²) in [7, 11) is 0. The van der Waals surface area contributed by atoms with Crippen LogP contribution in [0.1, 0.15) is 24.6 Å². The van der Waals surface area contributed by atoms with Gasteiger partial charge in [0.25, 0.3) is 0 Å². The molecule has 0 unspecified atom stereocenters. The number of hydrogen-bond donors (Lipinski definition) is 1. The summed E-state index contributed by atoms with van der Waals surface area (Å²) in [5, 5.41) is 3.40. The molecule has 4 rings (SSSR count). The number of halogens is 1. The summed E-state index contributed by atoms with van der Waals surface area (Å²) < 4.78 is 3.25. The number of aromatic nitrogens is 2. The highest BCUT2D eigenvalue weighted by molar-refractivity contribution is 9.10. The molecule has 19 heavy (non-hydrogen) atoms. The van der Waals surface area contributed by atoms with E-state index in [9.17, 15) is 0 Å². The SMILES string of the molecule is Brc1nc(C2CC2)n2cc(N3CCNCC3)ccc12. The van der Waals surface area contributed by atoms with E-state index in [1.54, 1.807) is 0 Å². The Morgan fingerprint density at radius 1 is 1.21 bits per heavy atom. The van der Waals surface area contributed by atoms with Crippen LogP contribution in [-0.2, 0) is 0 Å². The maximum atomic E-state index is 4.69. The Balaban J connectivity index is 1.78. The molecule has 0 radical (unpaired) electrons. The van der Waals surface area contributed by atoms with Gasteiger partial charge in [-0.1, -0.05) is 0 Å². The van der Waals surface area contributed by atoms with Crippen LogP contribution < -0.4 is 10.2 Å². The van der Waals surface area contributed by atoms with Crippen molar-refractivity contribution in [1.29, 1.82) is 0 Å². The van der Waals surface area contributed by atoms with Gasteiger partial charge in [0, 0.05) is 38.3 Å². The Labute approximate surface area is 120 Å². The molecule has 0 aromatic carbocycles. The third-order valence-electron chi connectivity index (χ3n) is 4.03. The van der Waals surface area contributed by atoms with E-state index in [0.717, 1.165) is 30.8 Å². The Kier molecular flexibility index (Phi) is 2.77. The Morgan fingerprint density at radius 3 is 2.74 bits per heavy atom. The number of imidazole rings is 1. The monoisotopic (exact) mass is 320 g/mol. The van der Waals surface area contributed by atoms with Gasteiger partial charge in [0.2, 0.25) is 0 Å². The molecular weight excluding hydrogens is 304 g/mol. The van der Waals surface area contributed by atoms with Gasteiger partial charge in [0.1, 0.15) is 10.4 Å². The van der Waals surface area contributed by atoms with E-state index in [0.29, 0.717) is 5.92 Å². The molecule has 2 aliphatic rings. The zero-order valence-corrected chi connectivity index (χ0v) is 12.4. The first-order valence-electron chi connectivity index (χ1n) is 6.96. The number of nitrogens with one attached hydrogen (secondary N) is 1. The van der Waals surface area contributed by atoms with E-state index < -0.39 is 0 Å². The van der Waals surface area contributed by atoms with Crippen molar-refractivity contribution in [2.75, 3.05) is 31.1 Å². The smallest absolute Gasteiger partial charge is 0.132 e. The molecule has 1 aliphatic heterocycles. The molecule has 2 aromatic rings. The van der Waals surface area contributed by atoms with Gasteiger partial charge < -0.3 is 14.6 Å². The molecule has 4 nitrogen and oxygen atoms in total. The molecule has 0 bridgehead atoms. The van der Waals surface area contributed by atoms with Gasteiger partial charge in [-0.15, -0.1) is 0 Å². The molecule has 0 amide bonds. The van der Waals surface area contributed by atoms with E-state index in [4.69, 9.17) is 0 Å². The molecule has 1 saturated heterocycles. The molecule has 2 aromatic heterocycles. The van der Waals surface area contributed by atoms with Crippen LogP contribution in [0.4, 0.5) is 5.69 Å². The highest BCUT2D eigenvalue weighted by Crippen LogP contribution is 2.41. The zero-order chi connectivity index (χ0) is 12.8. The van der Waals surface area contributed by atoms with Crippen molar-refractivity contribution >= 4 is 27.1 Å². The first kappa shape index (κ1) is 11.7. The summed E-state index contributed by atoms with van der Waals surface area (Å²) in [5.74, 6) is 1.89. The molecule has 1 N–H and O–H groups in total. The van der Waals surface area contributed by atoms with Crippen molar-refractivity contribution in [3.05, 3.63) is 28.8 Å². The number of fused-ring (bicyclic) bond motifs is 1. The number of pyridine rings is 1. The third-order valence-corrected chi connectivity index (χ3v) is 4.61. The Morgan fingerprint density at radius 2 is 2.00 bits per heavy atom. The van der Waals surface area contributed by atoms with Gasteiger partial charge in [-0.25, -0.2) is 4.98 Å². The molecule has 3 heterocycles. The van der Waals surface area contributed by atoms with Crippen LogP contribution in [0.3, 0.4) is 0 Å². The predicted octanol–water partition coefficient (Wildman–Crippen LogP) is 2.38. The quantitative estimate of drug-likeness (QED) is 0.922. The Hall–Kier alpha value is -1.07. The topological polar surface area (TPSA) is 32.6 Å². The number of anilines is 1. The summed E-state index contributed by atoms with van der Waals surface area (Å²) in [5.41, 5.74) is 2.49. The average Bonchev–Trinajstić information content (AvgIpc) is 3.25. The fourth-order valence-corrected chi connectivity index (χ4v) is 3.30. The van der Waals surface area contributed by atoms with Crippen LogP contribution in [-0.4, -0.2) is 35.6 Å². The zero-order valence-electron chi connectivity index (χ0n) is 10.8. The molecular formula is C14H17BrN4. The van der Waals surface area contributed by atoms with Gasteiger partial charge in [0.05, 0.1) is 11.2 Å². The number of piperazine rings is 1. The summed E-state index contributed by atoms with van der Waals surface area (Å²) in [6, 6.07) is 4.39. The summed E-state index contributed by atoms with van der Waals surface area (Å²) in [6.07, 6.45) is 4.82. The highest BCUT2D eigenvalue weighted by Gasteiger charge is 2.29. The standard InChI is InChI=1S/C14H17BrN4/c15-13-12-4-3-11(18-7-5-16-6-8-18)9-19(12)14(17-13)10-1-2-10/h3-4,9-10,16H,1-2,5-8H2. The van der Waals surface area contributed by atoms with Crippen LogP contribution >= 0.6 is 15.9 Å². The molecule has 5 heteroatoms. The minimum Gasteiger partial charge on any atom is -0.368 e. The van der Waals surface area contributed by atoms with Crippen molar-refractivity contribution in [2.24, 2.45) is 0 Å². The van der Waals surface area contributed by atoms with E-state index in [1.165, 1.54) is 29.9 Å². The van der Waals surface area contributed by atoms with Crippen LogP contribution in [0.15, 0.2) is 22.9 Å². The molecule has 0 atom stereocenters. The van der Waals surface area contributed by atoms with Crippen molar-refractivity contribution in [1.82, 2.24) is 14.7 Å². The molecule has 1 aliphatic carbocycles. The number of rotatable bonds is 2. The molecule has 100 valence electrons. The van der Waals surface area contributed by atoms with Crippen LogP contribution in [0.5, 0.6) is 0 Å². The average molecular weight is 321 g/mol. The minimum atomic E-state index is 0.664. The normalized spacial score (nSPS) is 20.2. The van der Waals surface area contributed by atoms with Gasteiger partial charge in [0.15, 0.2) is 0 Å².